The number of unbranched alkanes of at least 4 members (excludes halogenated alkanes) is 17. The molecule has 0 aromatic rings. The molecule has 1 aliphatic carbocycles. The van der Waals surface area contributed by atoms with Gasteiger partial charge in [-0.05, 0) is 109 Å². The molecule has 1 aliphatic rings. The van der Waals surface area contributed by atoms with E-state index < -0.39 is 0 Å². The van der Waals surface area contributed by atoms with E-state index in [1.165, 1.54) is 180 Å². The Labute approximate surface area is 279 Å². The minimum absolute atomic E-state index is 0.655. The summed E-state index contributed by atoms with van der Waals surface area (Å²) in [6.07, 6.45) is 54.9. The number of rotatable bonds is 31. The van der Waals surface area contributed by atoms with Crippen molar-refractivity contribution in [3.05, 3.63) is 36.5 Å². The lowest BCUT2D eigenvalue weighted by Gasteiger charge is -2.31. The maximum Gasteiger partial charge on any atom is 0.00946 e. The van der Waals surface area contributed by atoms with E-state index in [4.69, 9.17) is 0 Å². The van der Waals surface area contributed by atoms with Crippen LogP contribution in [0.3, 0.4) is 0 Å². The van der Waals surface area contributed by atoms with Crippen molar-refractivity contribution in [2.75, 3.05) is 14.1 Å². The van der Waals surface area contributed by atoms with E-state index in [0.717, 1.165) is 18.4 Å². The second-order valence-corrected chi connectivity index (χ2v) is 15.2. The molecule has 1 saturated carbocycles. The SMILES string of the molecule is CCCCC/C=C\C/C=C\CCCCCCCCC1(CCCCCCCC/C=C\CC(C)CCCCC)CCC(N(C)C)C1. The normalized spacial score (nSPS) is 19.9. The van der Waals surface area contributed by atoms with E-state index in [2.05, 4.69) is 76.2 Å². The predicted octanol–water partition coefficient (Wildman–Crippen LogP) is 14.6. The third-order valence-electron chi connectivity index (χ3n) is 10.6. The van der Waals surface area contributed by atoms with E-state index in [1.807, 2.05) is 0 Å². The van der Waals surface area contributed by atoms with E-state index in [1.54, 1.807) is 0 Å². The molecule has 0 spiro atoms. The summed E-state index contributed by atoms with van der Waals surface area (Å²) < 4.78 is 0. The fourth-order valence-electron chi connectivity index (χ4n) is 7.46. The summed E-state index contributed by atoms with van der Waals surface area (Å²) in [5.41, 5.74) is 0.655. The van der Waals surface area contributed by atoms with E-state index in [9.17, 15) is 0 Å². The molecule has 44 heavy (non-hydrogen) atoms. The second-order valence-electron chi connectivity index (χ2n) is 15.2. The van der Waals surface area contributed by atoms with E-state index >= 15 is 0 Å². The highest BCUT2D eigenvalue weighted by atomic mass is 15.1. The Balaban J connectivity index is 2.10. The Kier molecular flexibility index (Phi) is 27.7. The highest BCUT2D eigenvalue weighted by molar-refractivity contribution is 4.93. The summed E-state index contributed by atoms with van der Waals surface area (Å²) in [6.45, 7) is 7.01. The maximum absolute atomic E-state index is 2.52. The van der Waals surface area contributed by atoms with Gasteiger partial charge in [-0.15, -0.1) is 0 Å². The van der Waals surface area contributed by atoms with Gasteiger partial charge in [0.2, 0.25) is 0 Å². The molecular formula is C43H81N. The van der Waals surface area contributed by atoms with Crippen LogP contribution < -0.4 is 0 Å². The third-order valence-corrected chi connectivity index (χ3v) is 10.6. The molecule has 1 heteroatoms. The standard InChI is InChI=1S/C43H81N/c1-6-8-10-11-12-13-14-15-16-17-18-19-22-25-28-32-37-43(39-36-42(40-43)44(4)5)38-33-29-26-23-20-21-24-27-31-35-41(3)34-30-9-7-2/h12-13,15-16,27,31,41-42H,6-11,14,17-26,28-30,32-40H2,1-5H3/b13-12-,16-15-,31-27-. The van der Waals surface area contributed by atoms with Crippen molar-refractivity contribution in [2.24, 2.45) is 11.3 Å². The summed E-state index contributed by atoms with van der Waals surface area (Å²) in [5, 5.41) is 0. The maximum atomic E-state index is 2.52. The van der Waals surface area contributed by atoms with Crippen molar-refractivity contribution in [1.82, 2.24) is 4.90 Å². The van der Waals surface area contributed by atoms with Crippen LogP contribution in [0.15, 0.2) is 36.5 Å². The molecule has 0 aromatic carbocycles. The first-order valence-corrected chi connectivity index (χ1v) is 20.1. The number of allylic oxidation sites excluding steroid dienone is 6. The first-order valence-electron chi connectivity index (χ1n) is 20.1. The zero-order chi connectivity index (χ0) is 32.0. The smallest absolute Gasteiger partial charge is 0.00946 e. The van der Waals surface area contributed by atoms with Crippen molar-refractivity contribution in [3.63, 3.8) is 0 Å². The Morgan fingerprint density at radius 2 is 1.07 bits per heavy atom. The highest BCUT2D eigenvalue weighted by Crippen LogP contribution is 2.47. The van der Waals surface area contributed by atoms with Gasteiger partial charge in [0.1, 0.15) is 0 Å². The van der Waals surface area contributed by atoms with Crippen LogP contribution in [0.4, 0.5) is 0 Å². The van der Waals surface area contributed by atoms with E-state index in [0.29, 0.717) is 5.41 Å². The minimum Gasteiger partial charge on any atom is -0.306 e. The van der Waals surface area contributed by atoms with Gasteiger partial charge in [-0.25, -0.2) is 0 Å². The van der Waals surface area contributed by atoms with Crippen LogP contribution >= 0.6 is 0 Å². The molecule has 0 aromatic heterocycles. The summed E-state index contributed by atoms with van der Waals surface area (Å²) in [7, 11) is 4.62. The van der Waals surface area contributed by atoms with Crippen LogP contribution in [0.25, 0.3) is 0 Å². The van der Waals surface area contributed by atoms with Crippen molar-refractivity contribution < 1.29 is 0 Å². The molecule has 0 radical (unpaired) electrons. The molecular weight excluding hydrogens is 530 g/mol. The number of nitrogens with zero attached hydrogens (tertiary/aromatic N) is 1. The lowest BCUT2D eigenvalue weighted by atomic mass is 9.76. The van der Waals surface area contributed by atoms with Gasteiger partial charge in [-0.1, -0.05) is 160 Å². The van der Waals surface area contributed by atoms with E-state index in [-0.39, 0.29) is 0 Å². The molecule has 1 nitrogen and oxygen atoms in total. The lowest BCUT2D eigenvalue weighted by molar-refractivity contribution is 0.201. The van der Waals surface area contributed by atoms with Crippen molar-refractivity contribution in [1.29, 1.82) is 0 Å². The zero-order valence-corrected chi connectivity index (χ0v) is 31.1. The topological polar surface area (TPSA) is 3.24 Å². The quantitative estimate of drug-likeness (QED) is 0.0557. The average Bonchev–Trinajstić information content (AvgIpc) is 3.44. The monoisotopic (exact) mass is 612 g/mol. The van der Waals surface area contributed by atoms with Gasteiger partial charge in [-0.2, -0.15) is 0 Å². The Morgan fingerprint density at radius 3 is 1.59 bits per heavy atom. The minimum atomic E-state index is 0.655. The number of hydrogen-bond donors (Lipinski definition) is 0. The molecule has 258 valence electrons. The van der Waals surface area contributed by atoms with Crippen LogP contribution in [0.1, 0.15) is 207 Å². The van der Waals surface area contributed by atoms with Gasteiger partial charge in [0.05, 0.1) is 0 Å². The van der Waals surface area contributed by atoms with Gasteiger partial charge < -0.3 is 4.90 Å². The summed E-state index contributed by atoms with van der Waals surface area (Å²) >= 11 is 0. The Bertz CT molecular complexity index is 687. The van der Waals surface area contributed by atoms with Crippen molar-refractivity contribution >= 4 is 0 Å². The molecule has 0 amide bonds. The zero-order valence-electron chi connectivity index (χ0n) is 31.1. The van der Waals surface area contributed by atoms with Crippen molar-refractivity contribution in [3.8, 4) is 0 Å². The summed E-state index contributed by atoms with van der Waals surface area (Å²) in [4.78, 5) is 2.52. The molecule has 0 aliphatic heterocycles. The average molecular weight is 612 g/mol. The van der Waals surface area contributed by atoms with Gasteiger partial charge in [0, 0.05) is 6.04 Å². The second kappa shape index (κ2) is 29.6. The van der Waals surface area contributed by atoms with Gasteiger partial charge in [0.25, 0.3) is 0 Å². The van der Waals surface area contributed by atoms with Gasteiger partial charge in [0.15, 0.2) is 0 Å². The van der Waals surface area contributed by atoms with Crippen LogP contribution in [0.2, 0.25) is 0 Å². The van der Waals surface area contributed by atoms with Crippen LogP contribution in [0, 0.1) is 11.3 Å². The predicted molar refractivity (Wildman–Crippen MR) is 202 cm³/mol. The van der Waals surface area contributed by atoms with Crippen LogP contribution in [-0.4, -0.2) is 25.0 Å². The molecule has 0 N–H and O–H groups in total. The fourth-order valence-corrected chi connectivity index (χ4v) is 7.46. The van der Waals surface area contributed by atoms with Crippen LogP contribution in [0.5, 0.6) is 0 Å². The Morgan fingerprint density at radius 1 is 0.591 bits per heavy atom. The highest BCUT2D eigenvalue weighted by Gasteiger charge is 2.38. The fraction of sp³-hybridized carbons (Fsp3) is 0.860. The molecule has 3 unspecified atom stereocenters. The third kappa shape index (κ3) is 23.5. The lowest BCUT2D eigenvalue weighted by Crippen LogP contribution is -2.27. The largest absolute Gasteiger partial charge is 0.306 e. The number of hydrogen-bond acceptors (Lipinski definition) is 1. The molecule has 0 saturated heterocycles. The Hall–Kier alpha value is -0.820. The molecule has 0 bridgehead atoms. The first-order chi connectivity index (χ1) is 21.5. The summed E-state index contributed by atoms with van der Waals surface area (Å²) in [6, 6.07) is 0.826. The van der Waals surface area contributed by atoms with Crippen LogP contribution in [-0.2, 0) is 0 Å². The molecule has 0 heterocycles. The molecule has 3 atom stereocenters. The first kappa shape index (κ1) is 41.2. The van der Waals surface area contributed by atoms with Crippen molar-refractivity contribution in [2.45, 2.75) is 213 Å². The van der Waals surface area contributed by atoms with Gasteiger partial charge >= 0.3 is 0 Å². The summed E-state index contributed by atoms with van der Waals surface area (Å²) in [5.74, 6) is 0.870. The molecule has 1 fully saturated rings. The van der Waals surface area contributed by atoms with Gasteiger partial charge in [-0.3, -0.25) is 0 Å². The molecule has 1 rings (SSSR count).